The molecule has 3 heterocycles. The molecule has 0 bridgehead atoms. The third-order valence-electron chi connectivity index (χ3n) is 7.10. The fraction of sp³-hybridized carbons (Fsp3) is 0.357. The van der Waals surface area contributed by atoms with E-state index >= 15 is 0 Å². The van der Waals surface area contributed by atoms with Crippen LogP contribution in [0.15, 0.2) is 73.1 Å². The molecule has 2 aromatic carbocycles. The first kappa shape index (κ1) is 23.5. The number of hydrogen-bond donors (Lipinski definition) is 1. The summed E-state index contributed by atoms with van der Waals surface area (Å²) in [5.74, 6) is 0.529. The van der Waals surface area contributed by atoms with Gasteiger partial charge in [0.1, 0.15) is 17.7 Å². The average molecular weight is 476 g/mol. The Morgan fingerprint density at radius 3 is 2.63 bits per heavy atom. The van der Waals surface area contributed by atoms with Gasteiger partial charge in [0.15, 0.2) is 0 Å². The van der Waals surface area contributed by atoms with Gasteiger partial charge in [0, 0.05) is 68.2 Å². The fourth-order valence-electron chi connectivity index (χ4n) is 5.01. The molecule has 7 heteroatoms. The van der Waals surface area contributed by atoms with Crippen LogP contribution in [0.5, 0.6) is 5.75 Å². The van der Waals surface area contributed by atoms with Gasteiger partial charge in [-0.25, -0.2) is 4.39 Å². The summed E-state index contributed by atoms with van der Waals surface area (Å²) in [6, 6.07) is 18.2. The Hall–Kier alpha value is -3.29. The topological polar surface area (TPSA) is 65.9 Å². The van der Waals surface area contributed by atoms with Crippen molar-refractivity contribution >= 4 is 5.91 Å². The van der Waals surface area contributed by atoms with Crippen LogP contribution in [-0.4, -0.2) is 52.0 Å². The van der Waals surface area contributed by atoms with E-state index in [-0.39, 0.29) is 11.7 Å². The zero-order valence-corrected chi connectivity index (χ0v) is 19.6. The van der Waals surface area contributed by atoms with E-state index < -0.39 is 11.7 Å². The molecule has 35 heavy (non-hydrogen) atoms. The highest BCUT2D eigenvalue weighted by Crippen LogP contribution is 2.34. The van der Waals surface area contributed by atoms with Crippen LogP contribution in [0, 0.1) is 5.82 Å². The molecule has 1 unspecified atom stereocenters. The lowest BCUT2D eigenvalue weighted by Crippen LogP contribution is -2.46. The van der Waals surface area contributed by atoms with Crippen LogP contribution in [0.4, 0.5) is 4.39 Å². The number of benzene rings is 2. The molecule has 1 aromatic heterocycles. The van der Waals surface area contributed by atoms with E-state index in [4.69, 9.17) is 4.74 Å². The summed E-state index contributed by atoms with van der Waals surface area (Å²) < 4.78 is 20.8. The number of rotatable bonds is 5. The number of pyridine rings is 1. The molecule has 1 fully saturated rings. The normalized spacial score (nSPS) is 19.9. The first-order valence-corrected chi connectivity index (χ1v) is 12.1. The lowest BCUT2D eigenvalue weighted by Gasteiger charge is -2.38. The Morgan fingerprint density at radius 1 is 1.09 bits per heavy atom. The Morgan fingerprint density at radius 2 is 1.86 bits per heavy atom. The fourth-order valence-corrected chi connectivity index (χ4v) is 5.01. The van der Waals surface area contributed by atoms with Crippen LogP contribution in [-0.2, 0) is 16.9 Å². The number of fused-ring (bicyclic) bond motifs is 1. The molecule has 1 amide bonds. The predicted octanol–water partition coefficient (Wildman–Crippen LogP) is 4.06. The van der Waals surface area contributed by atoms with E-state index in [2.05, 4.69) is 9.88 Å². The monoisotopic (exact) mass is 475 g/mol. The second-order valence-electron chi connectivity index (χ2n) is 9.37. The molecular weight excluding hydrogens is 445 g/mol. The Labute approximate surface area is 205 Å². The van der Waals surface area contributed by atoms with E-state index in [0.29, 0.717) is 57.5 Å². The number of aliphatic hydroxyl groups is 1. The maximum absolute atomic E-state index is 14.6. The zero-order chi connectivity index (χ0) is 24.3. The van der Waals surface area contributed by atoms with Crippen molar-refractivity contribution in [1.29, 1.82) is 0 Å². The second-order valence-corrected chi connectivity index (χ2v) is 9.37. The van der Waals surface area contributed by atoms with Crippen LogP contribution in [0.1, 0.15) is 42.1 Å². The van der Waals surface area contributed by atoms with Gasteiger partial charge in [-0.1, -0.05) is 42.5 Å². The maximum Gasteiger partial charge on any atom is 0.223 e. The SMILES string of the molecule is O=C(CCN1Cc2ccccc2OC(c2ccccc2F)C1)N1CCC(O)(c2cccnc2)CC1. The number of carbonyl (C=O) groups is 1. The van der Waals surface area contributed by atoms with Gasteiger partial charge in [-0.05, 0) is 31.0 Å². The van der Waals surface area contributed by atoms with Gasteiger partial charge in [0.25, 0.3) is 0 Å². The maximum atomic E-state index is 14.6. The van der Waals surface area contributed by atoms with E-state index in [1.165, 1.54) is 6.07 Å². The lowest BCUT2D eigenvalue weighted by atomic mass is 9.85. The number of amides is 1. The number of piperidine rings is 1. The summed E-state index contributed by atoms with van der Waals surface area (Å²) in [7, 11) is 0. The minimum atomic E-state index is -0.941. The first-order valence-electron chi connectivity index (χ1n) is 12.1. The molecule has 6 nitrogen and oxygen atoms in total. The Kier molecular flexibility index (Phi) is 6.79. The molecule has 2 aliphatic rings. The molecule has 0 saturated carbocycles. The van der Waals surface area contributed by atoms with Crippen molar-refractivity contribution in [2.75, 3.05) is 26.2 Å². The number of hydrogen-bond acceptors (Lipinski definition) is 5. The third kappa shape index (κ3) is 5.21. The molecule has 0 radical (unpaired) electrons. The molecule has 2 aliphatic heterocycles. The molecule has 1 N–H and O–H groups in total. The summed E-state index contributed by atoms with van der Waals surface area (Å²) in [5, 5.41) is 11.0. The number of nitrogens with zero attached hydrogens (tertiary/aromatic N) is 3. The molecule has 3 aromatic rings. The molecular formula is C28H30FN3O3. The van der Waals surface area contributed by atoms with Gasteiger partial charge in [-0.3, -0.25) is 14.7 Å². The number of ether oxygens (including phenoxy) is 1. The quantitative estimate of drug-likeness (QED) is 0.603. The van der Waals surface area contributed by atoms with Gasteiger partial charge >= 0.3 is 0 Å². The van der Waals surface area contributed by atoms with Crippen LogP contribution in [0.25, 0.3) is 0 Å². The summed E-state index contributed by atoms with van der Waals surface area (Å²) in [6.45, 7) is 2.69. The first-order chi connectivity index (χ1) is 17.0. The highest BCUT2D eigenvalue weighted by Gasteiger charge is 2.35. The summed E-state index contributed by atoms with van der Waals surface area (Å²) in [6.07, 6.45) is 4.27. The van der Waals surface area contributed by atoms with Gasteiger partial charge in [-0.2, -0.15) is 0 Å². The lowest BCUT2D eigenvalue weighted by molar-refractivity contribution is -0.136. The molecule has 182 valence electrons. The molecule has 0 aliphatic carbocycles. The minimum absolute atomic E-state index is 0.0686. The van der Waals surface area contributed by atoms with Crippen LogP contribution < -0.4 is 4.74 Å². The van der Waals surface area contributed by atoms with Crippen molar-refractivity contribution in [2.45, 2.75) is 37.5 Å². The smallest absolute Gasteiger partial charge is 0.223 e. The average Bonchev–Trinajstić information content (AvgIpc) is 3.08. The number of aromatic nitrogens is 1. The van der Waals surface area contributed by atoms with Crippen molar-refractivity contribution in [3.63, 3.8) is 0 Å². The van der Waals surface area contributed by atoms with Gasteiger partial charge < -0.3 is 14.7 Å². The molecule has 1 atom stereocenters. The van der Waals surface area contributed by atoms with Crippen LogP contribution in [0.3, 0.4) is 0 Å². The Bertz CT molecular complexity index is 1160. The minimum Gasteiger partial charge on any atom is -0.484 e. The standard InChI is InChI=1S/C28H30FN3O3/c29-24-9-3-2-8-23(24)26-20-31(19-21-6-1-4-10-25(21)35-26)15-11-27(33)32-16-12-28(34,13-17-32)22-7-5-14-30-18-22/h1-10,14,18,26,34H,11-13,15-17,19-20H2. The highest BCUT2D eigenvalue weighted by molar-refractivity contribution is 5.76. The summed E-state index contributed by atoms with van der Waals surface area (Å²) in [5.41, 5.74) is 1.41. The third-order valence-corrected chi connectivity index (χ3v) is 7.10. The van der Waals surface area contributed by atoms with Gasteiger partial charge in [-0.15, -0.1) is 0 Å². The van der Waals surface area contributed by atoms with E-state index in [9.17, 15) is 14.3 Å². The highest BCUT2D eigenvalue weighted by atomic mass is 19.1. The number of carbonyl (C=O) groups excluding carboxylic acids is 1. The van der Waals surface area contributed by atoms with Crippen LogP contribution in [0.2, 0.25) is 0 Å². The number of halogens is 1. The van der Waals surface area contributed by atoms with E-state index in [1.54, 1.807) is 24.5 Å². The number of likely N-dealkylation sites (tertiary alicyclic amines) is 1. The van der Waals surface area contributed by atoms with E-state index in [0.717, 1.165) is 16.9 Å². The van der Waals surface area contributed by atoms with Crippen molar-refractivity contribution in [2.24, 2.45) is 0 Å². The van der Waals surface area contributed by atoms with Crippen LogP contribution >= 0.6 is 0 Å². The van der Waals surface area contributed by atoms with Gasteiger partial charge in [0.2, 0.25) is 5.91 Å². The van der Waals surface area contributed by atoms with Crippen molar-refractivity contribution < 1.29 is 19.0 Å². The predicted molar refractivity (Wildman–Crippen MR) is 130 cm³/mol. The van der Waals surface area contributed by atoms with E-state index in [1.807, 2.05) is 47.4 Å². The zero-order valence-electron chi connectivity index (χ0n) is 19.6. The summed E-state index contributed by atoms with van der Waals surface area (Å²) in [4.78, 5) is 21.2. The van der Waals surface area contributed by atoms with Crippen molar-refractivity contribution in [3.05, 3.63) is 95.6 Å². The largest absolute Gasteiger partial charge is 0.484 e. The molecule has 0 spiro atoms. The van der Waals surface area contributed by atoms with Crippen molar-refractivity contribution in [3.8, 4) is 5.75 Å². The van der Waals surface area contributed by atoms with Gasteiger partial charge in [0.05, 0.1) is 5.60 Å². The Balaban J connectivity index is 1.23. The molecule has 1 saturated heterocycles. The van der Waals surface area contributed by atoms with Crippen molar-refractivity contribution in [1.82, 2.24) is 14.8 Å². The number of para-hydroxylation sites is 1. The molecule has 5 rings (SSSR count). The summed E-state index contributed by atoms with van der Waals surface area (Å²) >= 11 is 0. The second kappa shape index (κ2) is 10.1.